The lowest BCUT2D eigenvalue weighted by Gasteiger charge is -2.08. The fourth-order valence-electron chi connectivity index (χ4n) is 2.46. The third-order valence-electron chi connectivity index (χ3n) is 3.81. The van der Waals surface area contributed by atoms with Gasteiger partial charge in [-0.2, -0.15) is 0 Å². The van der Waals surface area contributed by atoms with E-state index < -0.39 is 0 Å². The molecule has 0 saturated carbocycles. The van der Waals surface area contributed by atoms with Gasteiger partial charge in [0.25, 0.3) is 5.56 Å². The molecule has 1 amide bonds. The number of hydrogen-bond acceptors (Lipinski definition) is 5. The topological polar surface area (TPSA) is 99.8 Å². The van der Waals surface area contributed by atoms with E-state index in [-0.39, 0.29) is 17.9 Å². The number of H-pyrrole nitrogens is 1. The van der Waals surface area contributed by atoms with Crippen molar-refractivity contribution in [3.8, 4) is 11.4 Å². The van der Waals surface area contributed by atoms with E-state index in [9.17, 15) is 9.59 Å². The van der Waals surface area contributed by atoms with Crippen molar-refractivity contribution in [1.82, 2.24) is 25.6 Å². The first kappa shape index (κ1) is 18.8. The molecule has 0 aliphatic carbocycles. The molecule has 2 aromatic rings. The Balaban J connectivity index is 1.92. The summed E-state index contributed by atoms with van der Waals surface area (Å²) in [5.41, 5.74) is 1.74. The number of rotatable bonds is 9. The van der Waals surface area contributed by atoms with Gasteiger partial charge < -0.3 is 15.6 Å². The predicted molar refractivity (Wildman–Crippen MR) is 97.3 cm³/mol. The number of aromatic nitrogens is 3. The van der Waals surface area contributed by atoms with Gasteiger partial charge in [-0.05, 0) is 38.4 Å². The summed E-state index contributed by atoms with van der Waals surface area (Å²) < 4.78 is 0. The minimum Gasteiger partial charge on any atom is -0.355 e. The van der Waals surface area contributed by atoms with Gasteiger partial charge in [-0.1, -0.05) is 6.92 Å². The number of hydrogen-bond donors (Lipinski definition) is 3. The van der Waals surface area contributed by atoms with Crippen molar-refractivity contribution in [1.29, 1.82) is 0 Å². The van der Waals surface area contributed by atoms with Crippen molar-refractivity contribution >= 4 is 5.91 Å². The van der Waals surface area contributed by atoms with Crippen LogP contribution >= 0.6 is 0 Å². The number of aryl methyl sites for hydroxylation is 1. The van der Waals surface area contributed by atoms with Crippen molar-refractivity contribution in [2.75, 3.05) is 19.6 Å². The van der Waals surface area contributed by atoms with Crippen molar-refractivity contribution < 1.29 is 4.79 Å². The summed E-state index contributed by atoms with van der Waals surface area (Å²) in [6, 6.07) is 3.63. The van der Waals surface area contributed by atoms with E-state index in [2.05, 4.69) is 32.5 Å². The van der Waals surface area contributed by atoms with Gasteiger partial charge in [-0.25, -0.2) is 4.98 Å². The first-order chi connectivity index (χ1) is 12.1. The minimum atomic E-state index is -0.205. The molecular weight excluding hydrogens is 318 g/mol. The molecule has 2 aromatic heterocycles. The Morgan fingerprint density at radius 3 is 2.80 bits per heavy atom. The fraction of sp³-hybridized carbons (Fsp3) is 0.444. The van der Waals surface area contributed by atoms with Gasteiger partial charge in [0, 0.05) is 48.7 Å². The van der Waals surface area contributed by atoms with E-state index in [0.29, 0.717) is 30.0 Å². The average molecular weight is 343 g/mol. The van der Waals surface area contributed by atoms with Gasteiger partial charge in [0.05, 0.1) is 0 Å². The van der Waals surface area contributed by atoms with E-state index in [4.69, 9.17) is 0 Å². The zero-order valence-corrected chi connectivity index (χ0v) is 14.8. The molecule has 2 heterocycles. The molecule has 0 bridgehead atoms. The normalized spacial score (nSPS) is 10.6. The molecule has 3 N–H and O–H groups in total. The summed E-state index contributed by atoms with van der Waals surface area (Å²) in [6.45, 7) is 6.17. The molecule has 0 radical (unpaired) electrons. The number of carbonyl (C=O) groups is 1. The Morgan fingerprint density at radius 1 is 1.28 bits per heavy atom. The fourth-order valence-corrected chi connectivity index (χ4v) is 2.46. The van der Waals surface area contributed by atoms with Gasteiger partial charge in [0.2, 0.25) is 5.91 Å². The second kappa shape index (κ2) is 9.68. The lowest BCUT2D eigenvalue weighted by atomic mass is 10.1. The van der Waals surface area contributed by atoms with E-state index in [1.165, 1.54) is 0 Å². The molecule has 7 nitrogen and oxygen atoms in total. The maximum atomic E-state index is 12.3. The smallest absolute Gasteiger partial charge is 0.254 e. The molecule has 134 valence electrons. The molecule has 0 spiro atoms. The number of carbonyl (C=O) groups excluding carboxylic acids is 1. The monoisotopic (exact) mass is 343 g/mol. The van der Waals surface area contributed by atoms with E-state index in [1.807, 2.05) is 6.07 Å². The molecule has 0 unspecified atom stereocenters. The van der Waals surface area contributed by atoms with Crippen molar-refractivity contribution in [2.45, 2.75) is 33.1 Å². The first-order valence-corrected chi connectivity index (χ1v) is 8.59. The lowest BCUT2D eigenvalue weighted by Crippen LogP contribution is -2.32. The number of pyridine rings is 1. The molecule has 0 aliphatic heterocycles. The van der Waals surface area contributed by atoms with Gasteiger partial charge in [0.15, 0.2) is 0 Å². The van der Waals surface area contributed by atoms with Crippen LogP contribution < -0.4 is 16.2 Å². The molecule has 0 aromatic carbocycles. The largest absolute Gasteiger partial charge is 0.355 e. The quantitative estimate of drug-likeness (QED) is 0.594. The van der Waals surface area contributed by atoms with Crippen LogP contribution in [-0.2, 0) is 11.2 Å². The van der Waals surface area contributed by atoms with E-state index in [0.717, 1.165) is 25.1 Å². The SMILES string of the molecule is CCCNCCNC(=O)CCc1c(C)nc(-c2cccnc2)[nH]c1=O. The van der Waals surface area contributed by atoms with Crippen LogP contribution in [0.25, 0.3) is 11.4 Å². The molecule has 7 heteroatoms. The van der Waals surface area contributed by atoms with Crippen LogP contribution in [0.3, 0.4) is 0 Å². The van der Waals surface area contributed by atoms with Crippen LogP contribution in [0.4, 0.5) is 0 Å². The third-order valence-corrected chi connectivity index (χ3v) is 3.81. The van der Waals surface area contributed by atoms with Crippen LogP contribution in [0, 0.1) is 6.92 Å². The number of amides is 1. The summed E-state index contributed by atoms with van der Waals surface area (Å²) in [5, 5.41) is 6.07. The summed E-state index contributed by atoms with van der Waals surface area (Å²) in [4.78, 5) is 35.4. The molecular formula is C18H25N5O2. The number of aromatic amines is 1. The van der Waals surface area contributed by atoms with Crippen LogP contribution in [0.5, 0.6) is 0 Å². The second-order valence-corrected chi connectivity index (χ2v) is 5.82. The third kappa shape index (κ3) is 5.79. The highest BCUT2D eigenvalue weighted by Gasteiger charge is 2.11. The van der Waals surface area contributed by atoms with Crippen LogP contribution in [0.1, 0.15) is 31.0 Å². The molecule has 0 aliphatic rings. The minimum absolute atomic E-state index is 0.0616. The van der Waals surface area contributed by atoms with Crippen molar-refractivity contribution in [2.24, 2.45) is 0 Å². The predicted octanol–water partition coefficient (Wildman–Crippen LogP) is 1.19. The zero-order valence-electron chi connectivity index (χ0n) is 14.8. The summed E-state index contributed by atoms with van der Waals surface area (Å²) >= 11 is 0. The molecule has 25 heavy (non-hydrogen) atoms. The van der Waals surface area contributed by atoms with E-state index >= 15 is 0 Å². The number of nitrogens with one attached hydrogen (secondary N) is 3. The zero-order chi connectivity index (χ0) is 18.1. The standard InChI is InChI=1S/C18H25N5O2/c1-3-8-19-10-11-21-16(24)7-6-15-13(2)22-17(23-18(15)25)14-5-4-9-20-12-14/h4-5,9,12,19H,3,6-8,10-11H2,1-2H3,(H,21,24)(H,22,23,25). The van der Waals surface area contributed by atoms with E-state index in [1.54, 1.807) is 25.4 Å². The molecule has 0 saturated heterocycles. The second-order valence-electron chi connectivity index (χ2n) is 5.82. The maximum Gasteiger partial charge on any atom is 0.254 e. The van der Waals surface area contributed by atoms with Gasteiger partial charge in [0.1, 0.15) is 5.82 Å². The van der Waals surface area contributed by atoms with Crippen molar-refractivity contribution in [3.63, 3.8) is 0 Å². The van der Waals surface area contributed by atoms with Crippen LogP contribution in [0.2, 0.25) is 0 Å². The van der Waals surface area contributed by atoms with Crippen molar-refractivity contribution in [3.05, 3.63) is 46.1 Å². The Labute approximate surface area is 147 Å². The molecule has 0 atom stereocenters. The van der Waals surface area contributed by atoms with Crippen LogP contribution in [0.15, 0.2) is 29.3 Å². The summed E-state index contributed by atoms with van der Waals surface area (Å²) in [7, 11) is 0. The maximum absolute atomic E-state index is 12.3. The average Bonchev–Trinajstić information content (AvgIpc) is 2.61. The van der Waals surface area contributed by atoms with Gasteiger partial charge in [-0.3, -0.25) is 14.6 Å². The van der Waals surface area contributed by atoms with Gasteiger partial charge in [-0.15, -0.1) is 0 Å². The Bertz CT molecular complexity index is 743. The first-order valence-electron chi connectivity index (χ1n) is 8.59. The summed E-state index contributed by atoms with van der Waals surface area (Å²) in [5.74, 6) is 0.430. The van der Waals surface area contributed by atoms with Crippen LogP contribution in [-0.4, -0.2) is 40.5 Å². The Kier molecular flexibility index (Phi) is 7.28. The number of nitrogens with zero attached hydrogens (tertiary/aromatic N) is 2. The highest BCUT2D eigenvalue weighted by atomic mass is 16.1. The lowest BCUT2D eigenvalue weighted by molar-refractivity contribution is -0.121. The molecule has 0 fully saturated rings. The Hall–Kier alpha value is -2.54. The highest BCUT2D eigenvalue weighted by molar-refractivity contribution is 5.76. The summed E-state index contributed by atoms with van der Waals surface area (Å²) in [6.07, 6.45) is 5.02. The highest BCUT2D eigenvalue weighted by Crippen LogP contribution is 2.13. The molecule has 2 rings (SSSR count). The van der Waals surface area contributed by atoms with Gasteiger partial charge >= 0.3 is 0 Å². The Morgan fingerprint density at radius 2 is 2.12 bits per heavy atom.